The van der Waals surface area contributed by atoms with E-state index in [2.05, 4.69) is 4.74 Å². The summed E-state index contributed by atoms with van der Waals surface area (Å²) in [6.45, 7) is 3.62. The van der Waals surface area contributed by atoms with Gasteiger partial charge in [0.05, 0.1) is 5.56 Å². The standard InChI is InChI=1S/C14H17F3O3/c1-3-9(4-2)12(18)13(19)10-7-5-6-8-11(10)20-14(15,16)17/h5-9,12,18H,3-4H2,1-2H3. The SMILES string of the molecule is CCC(CC)C(O)C(=O)c1ccccc1OC(F)(F)F. The average Bonchev–Trinajstić information content (AvgIpc) is 2.38. The van der Waals surface area contributed by atoms with E-state index in [0.29, 0.717) is 12.8 Å². The number of hydrogen-bond donors (Lipinski definition) is 1. The van der Waals surface area contributed by atoms with Crippen LogP contribution >= 0.6 is 0 Å². The van der Waals surface area contributed by atoms with E-state index in [-0.39, 0.29) is 11.5 Å². The van der Waals surface area contributed by atoms with Crippen molar-refractivity contribution in [2.75, 3.05) is 0 Å². The Balaban J connectivity index is 3.04. The third-order valence-electron chi connectivity index (χ3n) is 3.14. The van der Waals surface area contributed by atoms with Gasteiger partial charge in [-0.2, -0.15) is 0 Å². The normalized spacial score (nSPS) is 13.3. The first-order valence-electron chi connectivity index (χ1n) is 6.37. The first-order valence-corrected chi connectivity index (χ1v) is 6.37. The summed E-state index contributed by atoms with van der Waals surface area (Å²) in [5.41, 5.74) is -0.260. The molecular formula is C14H17F3O3. The van der Waals surface area contributed by atoms with E-state index in [4.69, 9.17) is 0 Å². The number of halogens is 3. The zero-order chi connectivity index (χ0) is 15.3. The van der Waals surface area contributed by atoms with E-state index < -0.39 is 24.0 Å². The summed E-state index contributed by atoms with van der Waals surface area (Å²) in [5.74, 6) is -1.63. The molecule has 0 aliphatic rings. The molecule has 6 heteroatoms. The second-order valence-electron chi connectivity index (χ2n) is 4.43. The van der Waals surface area contributed by atoms with Gasteiger partial charge in [0.25, 0.3) is 0 Å². The van der Waals surface area contributed by atoms with E-state index in [1.165, 1.54) is 18.2 Å². The van der Waals surface area contributed by atoms with Crippen LogP contribution in [-0.2, 0) is 0 Å². The Morgan fingerprint density at radius 2 is 1.80 bits per heavy atom. The highest BCUT2D eigenvalue weighted by Crippen LogP contribution is 2.28. The Bertz CT molecular complexity index is 453. The maximum atomic E-state index is 12.3. The van der Waals surface area contributed by atoms with Gasteiger partial charge in [0, 0.05) is 0 Å². The summed E-state index contributed by atoms with van der Waals surface area (Å²) in [6, 6.07) is 5.03. The fourth-order valence-electron chi connectivity index (χ4n) is 1.99. The van der Waals surface area contributed by atoms with Crippen molar-refractivity contribution in [3.8, 4) is 5.75 Å². The quantitative estimate of drug-likeness (QED) is 0.815. The number of carbonyl (C=O) groups is 1. The fourth-order valence-corrected chi connectivity index (χ4v) is 1.99. The monoisotopic (exact) mass is 290 g/mol. The fraction of sp³-hybridized carbons (Fsp3) is 0.500. The second-order valence-corrected chi connectivity index (χ2v) is 4.43. The smallest absolute Gasteiger partial charge is 0.405 e. The maximum absolute atomic E-state index is 12.3. The molecule has 0 amide bonds. The molecule has 1 unspecified atom stereocenters. The van der Waals surface area contributed by atoms with E-state index in [1.807, 2.05) is 13.8 Å². The highest BCUT2D eigenvalue weighted by molar-refractivity contribution is 6.01. The topological polar surface area (TPSA) is 46.5 Å². The van der Waals surface area contributed by atoms with Gasteiger partial charge in [-0.1, -0.05) is 38.8 Å². The number of ether oxygens (including phenoxy) is 1. The molecule has 0 saturated heterocycles. The first-order chi connectivity index (χ1) is 9.30. The summed E-state index contributed by atoms with van der Waals surface area (Å²) in [6.07, 6.45) is -5.09. The summed E-state index contributed by atoms with van der Waals surface area (Å²) in [4.78, 5) is 12.1. The Morgan fingerprint density at radius 1 is 1.25 bits per heavy atom. The molecule has 1 aromatic rings. The van der Waals surface area contributed by atoms with Gasteiger partial charge in [0.2, 0.25) is 0 Å². The van der Waals surface area contributed by atoms with Gasteiger partial charge in [-0.05, 0) is 18.1 Å². The number of carbonyl (C=O) groups excluding carboxylic acids is 1. The van der Waals surface area contributed by atoms with Crippen molar-refractivity contribution in [1.29, 1.82) is 0 Å². The summed E-state index contributed by atoms with van der Waals surface area (Å²) in [7, 11) is 0. The number of benzene rings is 1. The molecule has 112 valence electrons. The maximum Gasteiger partial charge on any atom is 0.573 e. The largest absolute Gasteiger partial charge is 0.573 e. The van der Waals surface area contributed by atoms with Crippen molar-refractivity contribution in [3.63, 3.8) is 0 Å². The van der Waals surface area contributed by atoms with Crippen LogP contribution in [0.3, 0.4) is 0 Å². The van der Waals surface area contributed by atoms with Crippen LogP contribution in [-0.4, -0.2) is 23.4 Å². The number of alkyl halides is 3. The van der Waals surface area contributed by atoms with Crippen molar-refractivity contribution in [2.45, 2.75) is 39.2 Å². The molecule has 0 heterocycles. The molecule has 0 aliphatic heterocycles. The van der Waals surface area contributed by atoms with Crippen LogP contribution in [0.2, 0.25) is 0 Å². The summed E-state index contributed by atoms with van der Waals surface area (Å²) >= 11 is 0. The summed E-state index contributed by atoms with van der Waals surface area (Å²) in [5, 5.41) is 9.97. The first kappa shape index (κ1) is 16.5. The Morgan fingerprint density at radius 3 is 2.30 bits per heavy atom. The van der Waals surface area contributed by atoms with Crippen LogP contribution in [0.5, 0.6) is 5.75 Å². The molecule has 3 nitrogen and oxygen atoms in total. The lowest BCUT2D eigenvalue weighted by molar-refractivity contribution is -0.274. The van der Waals surface area contributed by atoms with Crippen LogP contribution in [0, 0.1) is 5.92 Å². The highest BCUT2D eigenvalue weighted by Gasteiger charge is 2.34. The number of ketones is 1. The molecule has 0 radical (unpaired) electrons. The third-order valence-corrected chi connectivity index (χ3v) is 3.14. The Kier molecular flexibility index (Phi) is 5.56. The van der Waals surface area contributed by atoms with Crippen molar-refractivity contribution in [2.24, 2.45) is 5.92 Å². The van der Waals surface area contributed by atoms with Crippen molar-refractivity contribution in [1.82, 2.24) is 0 Å². The second kappa shape index (κ2) is 6.74. The van der Waals surface area contributed by atoms with E-state index >= 15 is 0 Å². The molecule has 0 fully saturated rings. The highest BCUT2D eigenvalue weighted by atomic mass is 19.4. The Labute approximate surface area is 115 Å². The minimum Gasteiger partial charge on any atom is -0.405 e. The lowest BCUT2D eigenvalue weighted by Crippen LogP contribution is -2.30. The van der Waals surface area contributed by atoms with E-state index in [9.17, 15) is 23.1 Å². The predicted molar refractivity (Wildman–Crippen MR) is 67.5 cm³/mol. The van der Waals surface area contributed by atoms with Crippen LogP contribution in [0.4, 0.5) is 13.2 Å². The number of Topliss-reactive ketones (excluding diaryl/α,β-unsaturated/α-hetero) is 1. The van der Waals surface area contributed by atoms with Crippen LogP contribution in [0.15, 0.2) is 24.3 Å². The van der Waals surface area contributed by atoms with Gasteiger partial charge >= 0.3 is 6.36 Å². The van der Waals surface area contributed by atoms with Gasteiger partial charge < -0.3 is 9.84 Å². The molecule has 1 rings (SSSR count). The number of hydrogen-bond acceptors (Lipinski definition) is 3. The van der Waals surface area contributed by atoms with Crippen LogP contribution in [0.1, 0.15) is 37.0 Å². The van der Waals surface area contributed by atoms with Gasteiger partial charge in [0.1, 0.15) is 11.9 Å². The number of para-hydroxylation sites is 1. The molecule has 0 aromatic heterocycles. The van der Waals surface area contributed by atoms with Crippen molar-refractivity contribution < 1.29 is 27.8 Å². The summed E-state index contributed by atoms with van der Waals surface area (Å²) < 4.78 is 40.7. The Hall–Kier alpha value is -1.56. The van der Waals surface area contributed by atoms with Gasteiger partial charge in [-0.25, -0.2) is 0 Å². The van der Waals surface area contributed by atoms with Gasteiger partial charge in [-0.3, -0.25) is 4.79 Å². The lowest BCUT2D eigenvalue weighted by Gasteiger charge is -2.20. The zero-order valence-electron chi connectivity index (χ0n) is 11.3. The third kappa shape index (κ3) is 4.23. The average molecular weight is 290 g/mol. The molecule has 0 bridgehead atoms. The van der Waals surface area contributed by atoms with E-state index in [0.717, 1.165) is 6.07 Å². The molecule has 1 atom stereocenters. The van der Waals surface area contributed by atoms with Gasteiger partial charge in [-0.15, -0.1) is 13.2 Å². The number of aliphatic hydroxyl groups is 1. The number of aliphatic hydroxyl groups excluding tert-OH is 1. The molecule has 1 aromatic carbocycles. The molecule has 20 heavy (non-hydrogen) atoms. The molecule has 1 N–H and O–H groups in total. The molecular weight excluding hydrogens is 273 g/mol. The van der Waals surface area contributed by atoms with Crippen LogP contribution in [0.25, 0.3) is 0 Å². The lowest BCUT2D eigenvalue weighted by atomic mass is 9.90. The molecule has 0 spiro atoms. The molecule has 0 aliphatic carbocycles. The predicted octanol–water partition coefficient (Wildman–Crippen LogP) is 3.57. The van der Waals surface area contributed by atoms with Crippen molar-refractivity contribution >= 4 is 5.78 Å². The zero-order valence-corrected chi connectivity index (χ0v) is 11.3. The molecule has 0 saturated carbocycles. The number of rotatable bonds is 6. The van der Waals surface area contributed by atoms with Crippen molar-refractivity contribution in [3.05, 3.63) is 29.8 Å². The minimum atomic E-state index is -4.88. The van der Waals surface area contributed by atoms with Gasteiger partial charge in [0.15, 0.2) is 5.78 Å². The van der Waals surface area contributed by atoms with Crippen LogP contribution < -0.4 is 4.74 Å². The minimum absolute atomic E-state index is 0.260. The van der Waals surface area contributed by atoms with E-state index in [1.54, 1.807) is 0 Å².